The van der Waals surface area contributed by atoms with Crippen LogP contribution in [0.2, 0.25) is 5.02 Å². The third-order valence-corrected chi connectivity index (χ3v) is 5.20. The summed E-state index contributed by atoms with van der Waals surface area (Å²) in [7, 11) is 0. The molecule has 0 radical (unpaired) electrons. The number of ether oxygens (including phenoxy) is 1. The molecule has 2 aromatic carbocycles. The van der Waals surface area contributed by atoms with Crippen LogP contribution < -0.4 is 0 Å². The van der Waals surface area contributed by atoms with Gasteiger partial charge in [0.25, 0.3) is 0 Å². The smallest absolute Gasteiger partial charge is 0.349 e. The van der Waals surface area contributed by atoms with Gasteiger partial charge in [0.15, 0.2) is 0 Å². The van der Waals surface area contributed by atoms with Crippen molar-refractivity contribution >= 4 is 35.4 Å². The van der Waals surface area contributed by atoms with E-state index in [-0.39, 0.29) is 11.7 Å². The van der Waals surface area contributed by atoms with E-state index >= 15 is 0 Å². The van der Waals surface area contributed by atoms with E-state index in [9.17, 15) is 10.1 Å². The zero-order valence-electron chi connectivity index (χ0n) is 15.9. The van der Waals surface area contributed by atoms with Gasteiger partial charge >= 0.3 is 5.97 Å². The van der Waals surface area contributed by atoms with E-state index in [1.165, 1.54) is 0 Å². The maximum atomic E-state index is 12.1. The van der Waals surface area contributed by atoms with E-state index in [1.54, 1.807) is 31.7 Å². The number of carbonyl (C=O) groups excluding carboxylic acids is 1. The largest absolute Gasteiger partial charge is 0.459 e. The summed E-state index contributed by atoms with van der Waals surface area (Å²) >= 11 is 7.65. The van der Waals surface area contributed by atoms with Crippen molar-refractivity contribution in [2.45, 2.75) is 44.4 Å². The van der Waals surface area contributed by atoms with Crippen LogP contribution >= 0.6 is 23.4 Å². The fraction of sp³-hybridized carbons (Fsp3) is 0.273. The van der Waals surface area contributed by atoms with Gasteiger partial charge in [-0.1, -0.05) is 29.3 Å². The molecule has 0 aliphatic rings. The van der Waals surface area contributed by atoms with E-state index in [0.29, 0.717) is 0 Å². The van der Waals surface area contributed by atoms with E-state index in [4.69, 9.17) is 16.3 Å². The molecule has 2 aromatic rings. The molecule has 0 amide bonds. The van der Waals surface area contributed by atoms with Crippen LogP contribution in [-0.4, -0.2) is 12.1 Å². The highest BCUT2D eigenvalue weighted by Gasteiger charge is 2.14. The van der Waals surface area contributed by atoms with E-state index in [0.717, 1.165) is 37.9 Å². The van der Waals surface area contributed by atoms with Gasteiger partial charge in [-0.15, -0.1) is 11.8 Å². The SMILES string of the molecule is Cc1cc(/C=C(\C#N)C(=O)OC(C)C)c(C)c(CSc2ccc(Cl)cc2)c1. The number of nitriles is 1. The third-order valence-electron chi connectivity index (χ3n) is 3.89. The number of halogens is 1. The predicted octanol–water partition coefficient (Wildman–Crippen LogP) is 6.11. The Balaban J connectivity index is 2.28. The van der Waals surface area contributed by atoms with E-state index < -0.39 is 5.97 Å². The molecule has 0 atom stereocenters. The molecule has 140 valence electrons. The van der Waals surface area contributed by atoms with Crippen LogP contribution in [0, 0.1) is 25.2 Å². The van der Waals surface area contributed by atoms with Crippen LogP contribution in [0.4, 0.5) is 0 Å². The summed E-state index contributed by atoms with van der Waals surface area (Å²) in [5.74, 6) is 0.194. The summed E-state index contributed by atoms with van der Waals surface area (Å²) in [6.45, 7) is 7.53. The van der Waals surface area contributed by atoms with Crippen molar-refractivity contribution in [3.63, 3.8) is 0 Å². The van der Waals surface area contributed by atoms with E-state index in [1.807, 2.05) is 50.2 Å². The predicted molar refractivity (Wildman–Crippen MR) is 112 cm³/mol. The number of hydrogen-bond acceptors (Lipinski definition) is 4. The van der Waals surface area contributed by atoms with Gasteiger partial charge in [-0.3, -0.25) is 0 Å². The van der Waals surface area contributed by atoms with Crippen LogP contribution in [0.25, 0.3) is 6.08 Å². The maximum Gasteiger partial charge on any atom is 0.349 e. The molecule has 0 bridgehead atoms. The first-order chi connectivity index (χ1) is 12.8. The van der Waals surface area contributed by atoms with Crippen LogP contribution in [0.15, 0.2) is 46.9 Å². The van der Waals surface area contributed by atoms with Gasteiger partial charge < -0.3 is 4.74 Å². The summed E-state index contributed by atoms with van der Waals surface area (Å²) in [5.41, 5.74) is 4.16. The Morgan fingerprint density at radius 1 is 1.26 bits per heavy atom. The zero-order chi connectivity index (χ0) is 20.0. The maximum absolute atomic E-state index is 12.1. The van der Waals surface area contributed by atoms with Crippen LogP contribution in [0.3, 0.4) is 0 Å². The molecule has 0 spiro atoms. The number of thioether (sulfide) groups is 1. The van der Waals surface area contributed by atoms with Crippen molar-refractivity contribution in [1.29, 1.82) is 5.26 Å². The molecule has 0 aliphatic heterocycles. The normalized spacial score (nSPS) is 11.4. The van der Waals surface area contributed by atoms with Crippen molar-refractivity contribution < 1.29 is 9.53 Å². The Labute approximate surface area is 170 Å². The van der Waals surface area contributed by atoms with Crippen molar-refractivity contribution in [3.8, 4) is 6.07 Å². The van der Waals surface area contributed by atoms with Gasteiger partial charge in [0.2, 0.25) is 0 Å². The lowest BCUT2D eigenvalue weighted by atomic mass is 9.98. The molecule has 0 unspecified atom stereocenters. The average molecular weight is 400 g/mol. The fourth-order valence-electron chi connectivity index (χ4n) is 2.53. The lowest BCUT2D eigenvalue weighted by Crippen LogP contribution is -2.12. The van der Waals surface area contributed by atoms with Gasteiger partial charge in [0, 0.05) is 15.7 Å². The molecule has 0 saturated heterocycles. The van der Waals surface area contributed by atoms with Crippen molar-refractivity contribution in [2.24, 2.45) is 0 Å². The highest BCUT2D eigenvalue weighted by atomic mass is 35.5. The zero-order valence-corrected chi connectivity index (χ0v) is 17.4. The lowest BCUT2D eigenvalue weighted by molar-refractivity contribution is -0.142. The number of esters is 1. The van der Waals surface area contributed by atoms with E-state index in [2.05, 4.69) is 6.07 Å². The molecule has 0 heterocycles. The first-order valence-electron chi connectivity index (χ1n) is 8.61. The number of rotatable bonds is 6. The van der Waals surface area contributed by atoms with Gasteiger partial charge in [-0.05, 0) is 74.7 Å². The molecular weight excluding hydrogens is 378 g/mol. The fourth-order valence-corrected chi connectivity index (χ4v) is 3.60. The van der Waals surface area contributed by atoms with Gasteiger partial charge in [0.05, 0.1) is 6.10 Å². The minimum absolute atomic E-state index is 0.00806. The number of carbonyl (C=O) groups is 1. The highest BCUT2D eigenvalue weighted by Crippen LogP contribution is 2.28. The van der Waals surface area contributed by atoms with Gasteiger partial charge in [-0.2, -0.15) is 5.26 Å². The first-order valence-corrected chi connectivity index (χ1v) is 9.97. The van der Waals surface area contributed by atoms with Gasteiger partial charge in [0.1, 0.15) is 11.6 Å². The minimum Gasteiger partial charge on any atom is -0.459 e. The van der Waals surface area contributed by atoms with Crippen molar-refractivity contribution in [2.75, 3.05) is 0 Å². The summed E-state index contributed by atoms with van der Waals surface area (Å²) in [5, 5.41) is 10.1. The molecule has 2 rings (SSSR count). The molecule has 5 heteroatoms. The summed E-state index contributed by atoms with van der Waals surface area (Å²) in [6.07, 6.45) is 1.35. The number of nitrogens with zero attached hydrogens (tertiary/aromatic N) is 1. The Morgan fingerprint density at radius 2 is 1.93 bits per heavy atom. The lowest BCUT2D eigenvalue weighted by Gasteiger charge is -2.12. The van der Waals surface area contributed by atoms with Crippen molar-refractivity contribution in [3.05, 3.63) is 69.2 Å². The second-order valence-electron chi connectivity index (χ2n) is 6.50. The Kier molecular flexibility index (Phi) is 7.53. The molecular formula is C22H22ClNO2S. The Morgan fingerprint density at radius 3 is 2.52 bits per heavy atom. The topological polar surface area (TPSA) is 50.1 Å². The molecule has 0 saturated carbocycles. The summed E-state index contributed by atoms with van der Waals surface area (Å²) < 4.78 is 5.15. The molecule has 0 aromatic heterocycles. The molecule has 3 nitrogen and oxygen atoms in total. The molecule has 0 aliphatic carbocycles. The molecule has 0 fully saturated rings. The number of hydrogen-bond donors (Lipinski definition) is 0. The summed E-state index contributed by atoms with van der Waals surface area (Å²) in [4.78, 5) is 13.2. The third kappa shape index (κ3) is 6.16. The number of aryl methyl sites for hydroxylation is 1. The standard InChI is InChI=1S/C22H22ClNO2S/c1-14(2)26-22(25)18(12-24)11-17-9-15(3)10-19(16(17)4)13-27-21-7-5-20(23)6-8-21/h5-11,14H,13H2,1-4H3/b18-11+. The Hall–Kier alpha value is -2.22. The average Bonchev–Trinajstić information content (AvgIpc) is 2.61. The molecule has 0 N–H and O–H groups in total. The highest BCUT2D eigenvalue weighted by molar-refractivity contribution is 7.98. The van der Waals surface area contributed by atoms with Crippen LogP contribution in [0.5, 0.6) is 0 Å². The van der Waals surface area contributed by atoms with Crippen molar-refractivity contribution in [1.82, 2.24) is 0 Å². The first kappa shape index (κ1) is 21.1. The van der Waals surface area contributed by atoms with Crippen LogP contribution in [-0.2, 0) is 15.3 Å². The summed E-state index contributed by atoms with van der Waals surface area (Å²) in [6, 6.07) is 13.8. The Bertz CT molecular complexity index is 896. The second kappa shape index (κ2) is 9.64. The quantitative estimate of drug-likeness (QED) is 0.254. The van der Waals surface area contributed by atoms with Crippen LogP contribution in [0.1, 0.15) is 36.1 Å². The van der Waals surface area contributed by atoms with Gasteiger partial charge in [-0.25, -0.2) is 4.79 Å². The second-order valence-corrected chi connectivity index (χ2v) is 7.99. The minimum atomic E-state index is -0.592. The molecule has 27 heavy (non-hydrogen) atoms. The number of benzene rings is 2. The monoisotopic (exact) mass is 399 g/mol.